The van der Waals surface area contributed by atoms with Gasteiger partial charge in [0.25, 0.3) is 0 Å². The van der Waals surface area contributed by atoms with E-state index in [-0.39, 0.29) is 23.4 Å². The van der Waals surface area contributed by atoms with Gasteiger partial charge in [0.05, 0.1) is 11.6 Å². The van der Waals surface area contributed by atoms with Crippen molar-refractivity contribution in [3.8, 4) is 0 Å². The molecule has 0 aromatic carbocycles. The summed E-state index contributed by atoms with van der Waals surface area (Å²) in [6.07, 6.45) is 2.59. The summed E-state index contributed by atoms with van der Waals surface area (Å²) in [7, 11) is 0. The number of rotatable bonds is 4. The minimum Gasteiger partial charge on any atom is -0.369 e. The summed E-state index contributed by atoms with van der Waals surface area (Å²) in [5.41, 5.74) is 5.26. The van der Waals surface area contributed by atoms with E-state index in [0.29, 0.717) is 0 Å². The summed E-state index contributed by atoms with van der Waals surface area (Å²) in [5.74, 6) is 0.738. The number of nitrogens with zero attached hydrogens (tertiary/aromatic N) is 5. The van der Waals surface area contributed by atoms with Crippen LogP contribution in [0.3, 0.4) is 0 Å². The second kappa shape index (κ2) is 6.09. The Bertz CT molecular complexity index is 484. The number of aromatic nitrogens is 4. The Morgan fingerprint density at radius 3 is 2.48 bits per heavy atom. The lowest BCUT2D eigenvalue weighted by atomic mass is 9.94. The highest BCUT2D eigenvalue weighted by atomic mass is 16.1. The highest BCUT2D eigenvalue weighted by Crippen LogP contribution is 2.29. The predicted octanol–water partition coefficient (Wildman–Crippen LogP) is 1.08. The molecule has 1 fully saturated rings. The van der Waals surface area contributed by atoms with Gasteiger partial charge in [-0.15, -0.1) is 5.10 Å². The largest absolute Gasteiger partial charge is 0.369 e. The van der Waals surface area contributed by atoms with Crippen molar-refractivity contribution in [2.75, 3.05) is 13.1 Å². The van der Waals surface area contributed by atoms with E-state index in [1.165, 1.54) is 0 Å². The van der Waals surface area contributed by atoms with Gasteiger partial charge < -0.3 is 5.73 Å². The van der Waals surface area contributed by atoms with Crippen LogP contribution in [0.4, 0.5) is 0 Å². The van der Waals surface area contributed by atoms with Crippen LogP contribution in [-0.2, 0) is 10.3 Å². The summed E-state index contributed by atoms with van der Waals surface area (Å²) in [5, 5.41) is 12.3. The van der Waals surface area contributed by atoms with E-state index < -0.39 is 0 Å². The molecule has 0 saturated carbocycles. The summed E-state index contributed by atoms with van der Waals surface area (Å²) in [6, 6.07) is 0.188. The maximum Gasteiger partial charge on any atom is 0.220 e. The summed E-state index contributed by atoms with van der Waals surface area (Å²) in [4.78, 5) is 13.7. The lowest BCUT2D eigenvalue weighted by Gasteiger charge is -2.36. The SMILES string of the molecule is CCC(c1nnnn1C(C)(C)C)N1CCC(C(N)=O)CC1. The Hall–Kier alpha value is -1.50. The number of carbonyl (C=O) groups excluding carboxylic acids is 1. The van der Waals surface area contributed by atoms with E-state index in [9.17, 15) is 4.79 Å². The molecular weight excluding hydrogens is 268 g/mol. The molecule has 1 aromatic rings. The number of hydrogen-bond donors (Lipinski definition) is 1. The number of carbonyl (C=O) groups is 1. The minimum absolute atomic E-state index is 0.0115. The van der Waals surface area contributed by atoms with E-state index in [2.05, 4.69) is 48.1 Å². The average Bonchev–Trinajstić information content (AvgIpc) is 2.89. The van der Waals surface area contributed by atoms with Crippen molar-refractivity contribution in [3.05, 3.63) is 5.82 Å². The molecular formula is C14H26N6O. The quantitative estimate of drug-likeness (QED) is 0.897. The zero-order valence-corrected chi connectivity index (χ0v) is 13.4. The fourth-order valence-electron chi connectivity index (χ4n) is 2.98. The van der Waals surface area contributed by atoms with Gasteiger partial charge >= 0.3 is 0 Å². The number of primary amides is 1. The first kappa shape index (κ1) is 15.9. The maximum absolute atomic E-state index is 11.3. The average molecular weight is 294 g/mol. The third-order valence-electron chi connectivity index (χ3n) is 4.19. The molecule has 0 spiro atoms. The van der Waals surface area contributed by atoms with E-state index >= 15 is 0 Å². The summed E-state index contributed by atoms with van der Waals surface area (Å²) in [6.45, 7) is 10.2. The first-order chi connectivity index (χ1) is 9.84. The zero-order valence-electron chi connectivity index (χ0n) is 13.4. The number of piperidine rings is 1. The number of hydrogen-bond acceptors (Lipinski definition) is 5. The molecule has 2 N–H and O–H groups in total. The van der Waals surface area contributed by atoms with Gasteiger partial charge in [0, 0.05) is 5.92 Å². The molecule has 1 amide bonds. The Labute approximate surface area is 125 Å². The van der Waals surface area contributed by atoms with Crippen molar-refractivity contribution in [1.82, 2.24) is 25.1 Å². The Morgan fingerprint density at radius 1 is 1.38 bits per heavy atom. The number of amides is 1. The van der Waals surface area contributed by atoms with Gasteiger partial charge in [-0.2, -0.15) is 0 Å². The van der Waals surface area contributed by atoms with Crippen LogP contribution in [0, 0.1) is 5.92 Å². The smallest absolute Gasteiger partial charge is 0.220 e. The second-order valence-electron chi connectivity index (χ2n) is 6.76. The van der Waals surface area contributed by atoms with E-state index in [4.69, 9.17) is 5.73 Å². The lowest BCUT2D eigenvalue weighted by molar-refractivity contribution is -0.123. The van der Waals surface area contributed by atoms with E-state index in [1.54, 1.807) is 0 Å². The highest BCUT2D eigenvalue weighted by Gasteiger charge is 2.32. The lowest BCUT2D eigenvalue weighted by Crippen LogP contribution is -2.42. The molecule has 118 valence electrons. The van der Waals surface area contributed by atoms with Crippen LogP contribution >= 0.6 is 0 Å². The molecule has 7 heteroatoms. The molecule has 1 aromatic heterocycles. The van der Waals surface area contributed by atoms with Crippen molar-refractivity contribution in [2.45, 2.75) is 58.5 Å². The van der Waals surface area contributed by atoms with E-state index in [0.717, 1.165) is 38.2 Å². The number of nitrogens with two attached hydrogens (primary N) is 1. The van der Waals surface area contributed by atoms with Gasteiger partial charge in [-0.25, -0.2) is 4.68 Å². The maximum atomic E-state index is 11.3. The second-order valence-corrected chi connectivity index (χ2v) is 6.76. The highest BCUT2D eigenvalue weighted by molar-refractivity contribution is 5.76. The van der Waals surface area contributed by atoms with Crippen molar-refractivity contribution in [2.24, 2.45) is 11.7 Å². The molecule has 1 atom stereocenters. The van der Waals surface area contributed by atoms with Crippen LogP contribution in [-0.4, -0.2) is 44.1 Å². The standard InChI is InChI=1S/C14H26N6O/c1-5-11(13-16-17-18-20(13)14(2,3)4)19-8-6-10(7-9-19)12(15)21/h10-11H,5-9H2,1-4H3,(H2,15,21). The molecule has 1 saturated heterocycles. The summed E-state index contributed by atoms with van der Waals surface area (Å²) >= 11 is 0. The van der Waals surface area contributed by atoms with E-state index in [1.807, 2.05) is 4.68 Å². The first-order valence-electron chi connectivity index (χ1n) is 7.66. The number of tetrazole rings is 1. The van der Waals surface area contributed by atoms with Gasteiger partial charge in [-0.05, 0) is 63.5 Å². The molecule has 21 heavy (non-hydrogen) atoms. The monoisotopic (exact) mass is 294 g/mol. The van der Waals surface area contributed by atoms with Gasteiger partial charge in [0.15, 0.2) is 5.82 Å². The molecule has 0 bridgehead atoms. The number of likely N-dealkylation sites (tertiary alicyclic amines) is 1. The van der Waals surface area contributed by atoms with Crippen LogP contribution < -0.4 is 5.73 Å². The molecule has 2 heterocycles. The van der Waals surface area contributed by atoms with Crippen LogP contribution in [0.15, 0.2) is 0 Å². The molecule has 7 nitrogen and oxygen atoms in total. The van der Waals surface area contributed by atoms with Gasteiger partial charge in [0.2, 0.25) is 5.91 Å². The molecule has 0 aliphatic carbocycles. The van der Waals surface area contributed by atoms with Crippen molar-refractivity contribution >= 4 is 5.91 Å². The third-order valence-corrected chi connectivity index (χ3v) is 4.19. The van der Waals surface area contributed by atoms with Gasteiger partial charge in [-0.3, -0.25) is 9.69 Å². The van der Waals surface area contributed by atoms with Gasteiger partial charge in [-0.1, -0.05) is 6.92 Å². The van der Waals surface area contributed by atoms with Crippen LogP contribution in [0.25, 0.3) is 0 Å². The van der Waals surface area contributed by atoms with Crippen LogP contribution in [0.1, 0.15) is 58.8 Å². The Balaban J connectivity index is 2.15. The molecule has 0 radical (unpaired) electrons. The fourth-order valence-corrected chi connectivity index (χ4v) is 2.98. The Kier molecular flexibility index (Phi) is 4.61. The molecule has 1 unspecified atom stereocenters. The third kappa shape index (κ3) is 3.40. The first-order valence-corrected chi connectivity index (χ1v) is 7.66. The Morgan fingerprint density at radius 2 is 2.00 bits per heavy atom. The topological polar surface area (TPSA) is 89.9 Å². The predicted molar refractivity (Wildman–Crippen MR) is 79.3 cm³/mol. The molecule has 1 aliphatic heterocycles. The van der Waals surface area contributed by atoms with Crippen molar-refractivity contribution in [1.29, 1.82) is 0 Å². The molecule has 1 aliphatic rings. The van der Waals surface area contributed by atoms with Crippen LogP contribution in [0.5, 0.6) is 0 Å². The normalized spacial score (nSPS) is 19.6. The van der Waals surface area contributed by atoms with Gasteiger partial charge in [0.1, 0.15) is 0 Å². The van der Waals surface area contributed by atoms with Crippen molar-refractivity contribution < 1.29 is 4.79 Å². The molecule has 2 rings (SSSR count). The van der Waals surface area contributed by atoms with Crippen LogP contribution in [0.2, 0.25) is 0 Å². The van der Waals surface area contributed by atoms with Crippen molar-refractivity contribution in [3.63, 3.8) is 0 Å². The summed E-state index contributed by atoms with van der Waals surface area (Å²) < 4.78 is 1.90. The zero-order chi connectivity index (χ0) is 15.6. The minimum atomic E-state index is -0.178. The fraction of sp³-hybridized carbons (Fsp3) is 0.857.